The Morgan fingerprint density at radius 2 is 2.19 bits per heavy atom. The predicted octanol–water partition coefficient (Wildman–Crippen LogP) is 0.855. The lowest BCUT2D eigenvalue weighted by molar-refractivity contribution is -0.121. The first-order valence-electron chi connectivity index (χ1n) is 6.91. The van der Waals surface area contributed by atoms with Crippen LogP contribution in [0.1, 0.15) is 41.2 Å². The zero-order valence-electron chi connectivity index (χ0n) is 11.8. The van der Waals surface area contributed by atoms with Gasteiger partial charge in [-0.05, 0) is 25.8 Å². The van der Waals surface area contributed by atoms with E-state index in [0.29, 0.717) is 44.1 Å². The number of aromatic nitrogens is 1. The maximum atomic E-state index is 11.8. The standard InChI is InChI=1S/C13H20N4O2S.ClH/c14-6-5-12-17-10(8-20-12)13(19)15-7-1-2-11(18)16-9-3-4-9;/h8-9H,1-7,14H2,(H,15,19)(H,16,18);1H. The Balaban J connectivity index is 0.00000220. The second-order valence-electron chi connectivity index (χ2n) is 4.87. The number of amides is 2. The molecule has 118 valence electrons. The molecule has 21 heavy (non-hydrogen) atoms. The summed E-state index contributed by atoms with van der Waals surface area (Å²) in [4.78, 5) is 27.4. The van der Waals surface area contributed by atoms with Gasteiger partial charge in [-0.15, -0.1) is 23.7 Å². The lowest BCUT2D eigenvalue weighted by atomic mass is 10.3. The number of halogens is 1. The first-order chi connectivity index (χ1) is 9.69. The molecule has 2 amide bonds. The van der Waals surface area contributed by atoms with E-state index in [1.54, 1.807) is 5.38 Å². The molecule has 6 nitrogen and oxygen atoms in total. The molecular weight excluding hydrogens is 312 g/mol. The third kappa shape index (κ3) is 6.41. The van der Waals surface area contributed by atoms with Crippen LogP contribution in [-0.2, 0) is 11.2 Å². The van der Waals surface area contributed by atoms with Gasteiger partial charge in [-0.1, -0.05) is 0 Å². The van der Waals surface area contributed by atoms with Crippen molar-refractivity contribution in [1.29, 1.82) is 0 Å². The van der Waals surface area contributed by atoms with Crippen molar-refractivity contribution < 1.29 is 9.59 Å². The number of nitrogens with two attached hydrogens (primary N) is 1. The first-order valence-corrected chi connectivity index (χ1v) is 7.79. The zero-order chi connectivity index (χ0) is 14.4. The fourth-order valence-corrected chi connectivity index (χ4v) is 2.52. The molecule has 1 aliphatic carbocycles. The number of nitrogens with zero attached hydrogens (tertiary/aromatic N) is 1. The molecule has 1 saturated carbocycles. The number of hydrogen-bond donors (Lipinski definition) is 3. The molecule has 8 heteroatoms. The van der Waals surface area contributed by atoms with E-state index in [9.17, 15) is 9.59 Å². The van der Waals surface area contributed by atoms with Crippen molar-refractivity contribution in [3.05, 3.63) is 16.1 Å². The summed E-state index contributed by atoms with van der Waals surface area (Å²) < 4.78 is 0. The van der Waals surface area contributed by atoms with Crippen LogP contribution in [0.2, 0.25) is 0 Å². The van der Waals surface area contributed by atoms with Crippen LogP contribution in [0.15, 0.2) is 5.38 Å². The van der Waals surface area contributed by atoms with Gasteiger partial charge in [0.2, 0.25) is 5.91 Å². The van der Waals surface area contributed by atoms with Crippen molar-refractivity contribution in [3.8, 4) is 0 Å². The number of carbonyl (C=O) groups is 2. The Kier molecular flexibility index (Phi) is 7.63. The van der Waals surface area contributed by atoms with Crippen LogP contribution < -0.4 is 16.4 Å². The fourth-order valence-electron chi connectivity index (χ4n) is 1.72. The van der Waals surface area contributed by atoms with Crippen LogP contribution in [0, 0.1) is 0 Å². The monoisotopic (exact) mass is 332 g/mol. The van der Waals surface area contributed by atoms with Gasteiger partial charge in [0.15, 0.2) is 0 Å². The zero-order valence-corrected chi connectivity index (χ0v) is 13.4. The number of rotatable bonds is 8. The van der Waals surface area contributed by atoms with Gasteiger partial charge in [-0.3, -0.25) is 9.59 Å². The largest absolute Gasteiger partial charge is 0.353 e. The molecule has 1 fully saturated rings. The molecule has 0 aromatic carbocycles. The molecule has 1 aromatic heterocycles. The summed E-state index contributed by atoms with van der Waals surface area (Å²) in [6.07, 6.45) is 3.98. The molecule has 0 unspecified atom stereocenters. The van der Waals surface area contributed by atoms with Crippen molar-refractivity contribution in [2.75, 3.05) is 13.1 Å². The van der Waals surface area contributed by atoms with Crippen LogP contribution >= 0.6 is 23.7 Å². The lowest BCUT2D eigenvalue weighted by Gasteiger charge is -2.04. The normalized spacial score (nSPS) is 13.4. The summed E-state index contributed by atoms with van der Waals surface area (Å²) in [5.41, 5.74) is 5.87. The number of carbonyl (C=O) groups excluding carboxylic acids is 2. The average Bonchev–Trinajstić information content (AvgIpc) is 3.10. The molecule has 4 N–H and O–H groups in total. The lowest BCUT2D eigenvalue weighted by Crippen LogP contribution is -2.28. The van der Waals surface area contributed by atoms with Crippen molar-refractivity contribution in [2.45, 2.75) is 38.1 Å². The second-order valence-corrected chi connectivity index (χ2v) is 5.81. The molecule has 0 spiro atoms. The van der Waals surface area contributed by atoms with Gasteiger partial charge in [0, 0.05) is 30.8 Å². The maximum Gasteiger partial charge on any atom is 0.270 e. The summed E-state index contributed by atoms with van der Waals surface area (Å²) in [5.74, 6) is -0.118. The SMILES string of the molecule is Cl.NCCc1nc(C(=O)NCCCC(=O)NC2CC2)cs1. The molecule has 0 radical (unpaired) electrons. The summed E-state index contributed by atoms with van der Waals surface area (Å²) in [6.45, 7) is 1.02. The van der Waals surface area contributed by atoms with Crippen molar-refractivity contribution in [2.24, 2.45) is 5.73 Å². The topological polar surface area (TPSA) is 97.1 Å². The quantitative estimate of drug-likeness (QED) is 0.615. The molecule has 0 saturated heterocycles. The molecule has 0 aliphatic heterocycles. The van der Waals surface area contributed by atoms with Gasteiger partial charge < -0.3 is 16.4 Å². The van der Waals surface area contributed by atoms with Gasteiger partial charge in [0.1, 0.15) is 5.69 Å². The van der Waals surface area contributed by atoms with Gasteiger partial charge in [-0.25, -0.2) is 4.98 Å². The van der Waals surface area contributed by atoms with Crippen molar-refractivity contribution in [1.82, 2.24) is 15.6 Å². The maximum absolute atomic E-state index is 11.8. The second kappa shape index (κ2) is 8.96. The van der Waals surface area contributed by atoms with E-state index in [4.69, 9.17) is 5.73 Å². The first kappa shape index (κ1) is 17.9. The van der Waals surface area contributed by atoms with Gasteiger partial charge in [0.25, 0.3) is 5.91 Å². The Morgan fingerprint density at radius 1 is 1.43 bits per heavy atom. The molecule has 0 bridgehead atoms. The van der Waals surface area contributed by atoms with E-state index in [0.717, 1.165) is 17.8 Å². The van der Waals surface area contributed by atoms with Crippen LogP contribution in [0.5, 0.6) is 0 Å². The highest BCUT2D eigenvalue weighted by Crippen LogP contribution is 2.18. The Hall–Kier alpha value is -1.18. The minimum Gasteiger partial charge on any atom is -0.353 e. The minimum absolute atomic E-state index is 0. The average molecular weight is 333 g/mol. The summed E-state index contributed by atoms with van der Waals surface area (Å²) in [6, 6.07) is 0.396. The Morgan fingerprint density at radius 3 is 2.86 bits per heavy atom. The fraction of sp³-hybridized carbons (Fsp3) is 0.615. The van der Waals surface area contributed by atoms with Crippen LogP contribution in [0.4, 0.5) is 0 Å². The molecule has 1 aromatic rings. The Labute approximate surface area is 134 Å². The minimum atomic E-state index is -0.188. The van der Waals surface area contributed by atoms with Gasteiger partial charge in [-0.2, -0.15) is 0 Å². The van der Waals surface area contributed by atoms with Crippen LogP contribution in [-0.4, -0.2) is 35.9 Å². The number of nitrogens with one attached hydrogen (secondary N) is 2. The van der Waals surface area contributed by atoms with Crippen LogP contribution in [0.25, 0.3) is 0 Å². The smallest absolute Gasteiger partial charge is 0.270 e. The number of hydrogen-bond acceptors (Lipinski definition) is 5. The third-order valence-electron chi connectivity index (χ3n) is 2.95. The van der Waals surface area contributed by atoms with E-state index in [1.807, 2.05) is 0 Å². The highest BCUT2D eigenvalue weighted by molar-refractivity contribution is 7.09. The number of thiazole rings is 1. The van der Waals surface area contributed by atoms with E-state index in [1.165, 1.54) is 11.3 Å². The van der Waals surface area contributed by atoms with E-state index in [2.05, 4.69) is 15.6 Å². The van der Waals surface area contributed by atoms with Gasteiger partial charge >= 0.3 is 0 Å². The highest BCUT2D eigenvalue weighted by atomic mass is 35.5. The molecule has 1 heterocycles. The summed E-state index contributed by atoms with van der Waals surface area (Å²) >= 11 is 1.44. The molecule has 0 atom stereocenters. The molecule has 1 aliphatic rings. The third-order valence-corrected chi connectivity index (χ3v) is 3.86. The Bertz CT molecular complexity index is 476. The summed E-state index contributed by atoms with van der Waals surface area (Å²) in [5, 5.41) is 8.30. The highest BCUT2D eigenvalue weighted by Gasteiger charge is 2.22. The molecular formula is C13H21ClN4O2S. The van der Waals surface area contributed by atoms with Crippen LogP contribution in [0.3, 0.4) is 0 Å². The summed E-state index contributed by atoms with van der Waals surface area (Å²) in [7, 11) is 0. The van der Waals surface area contributed by atoms with Gasteiger partial charge in [0.05, 0.1) is 5.01 Å². The van der Waals surface area contributed by atoms with Crippen molar-refractivity contribution >= 4 is 35.6 Å². The van der Waals surface area contributed by atoms with E-state index >= 15 is 0 Å². The van der Waals surface area contributed by atoms with Crippen molar-refractivity contribution in [3.63, 3.8) is 0 Å². The predicted molar refractivity (Wildman–Crippen MR) is 84.9 cm³/mol. The molecule has 2 rings (SSSR count). The van der Waals surface area contributed by atoms with E-state index in [-0.39, 0.29) is 24.2 Å². The van der Waals surface area contributed by atoms with E-state index < -0.39 is 0 Å².